The second kappa shape index (κ2) is 8.77. The normalized spacial score (nSPS) is 15.3. The summed E-state index contributed by atoms with van der Waals surface area (Å²) < 4.78 is 5.62. The van der Waals surface area contributed by atoms with E-state index in [2.05, 4.69) is 10.6 Å². The molecule has 0 fully saturated rings. The molecule has 1 aliphatic rings. The number of para-hydroxylation sites is 2. The maximum atomic E-state index is 12.5. The lowest BCUT2D eigenvalue weighted by molar-refractivity contribution is -0.125. The van der Waals surface area contributed by atoms with Crippen molar-refractivity contribution >= 4 is 29.1 Å². The average molecular weight is 395 g/mol. The molecule has 1 heterocycles. The fourth-order valence-electron chi connectivity index (χ4n) is 3.18. The van der Waals surface area contributed by atoms with Gasteiger partial charge in [-0.25, -0.2) is 0 Å². The lowest BCUT2D eigenvalue weighted by atomic mass is 10.1. The van der Waals surface area contributed by atoms with Gasteiger partial charge in [0.15, 0.2) is 6.10 Å². The lowest BCUT2D eigenvalue weighted by Crippen LogP contribution is -2.45. The summed E-state index contributed by atoms with van der Waals surface area (Å²) in [5, 5.41) is 5.59. The van der Waals surface area contributed by atoms with E-state index in [1.807, 2.05) is 32.0 Å². The third-order valence-electron chi connectivity index (χ3n) is 4.75. The number of carbonyl (C=O) groups excluding carboxylic acids is 3. The molecule has 0 aromatic heterocycles. The molecule has 2 aromatic carbocycles. The quantitative estimate of drug-likeness (QED) is 0.787. The van der Waals surface area contributed by atoms with Crippen LogP contribution in [0.1, 0.15) is 36.2 Å². The standard InChI is InChI=1S/C22H25N3O4/c1-4-23-21(27)16-10-9-14(2)17(13-16)24-20(26)11-12-25-18-7-5-6-8-19(18)29-15(3)22(25)28/h5-10,13,15H,4,11-12H2,1-3H3,(H,23,27)(H,24,26). The molecule has 7 heteroatoms. The summed E-state index contributed by atoms with van der Waals surface area (Å²) in [4.78, 5) is 38.7. The Morgan fingerprint density at radius 3 is 2.69 bits per heavy atom. The smallest absolute Gasteiger partial charge is 0.267 e. The highest BCUT2D eigenvalue weighted by Gasteiger charge is 2.31. The van der Waals surface area contributed by atoms with Crippen LogP contribution in [0.3, 0.4) is 0 Å². The molecule has 0 spiro atoms. The number of nitrogens with one attached hydrogen (secondary N) is 2. The lowest BCUT2D eigenvalue weighted by Gasteiger charge is -2.32. The highest BCUT2D eigenvalue weighted by Crippen LogP contribution is 2.33. The molecule has 1 aliphatic heterocycles. The third kappa shape index (κ3) is 4.56. The molecule has 3 rings (SSSR count). The van der Waals surface area contributed by atoms with Crippen molar-refractivity contribution in [3.8, 4) is 5.75 Å². The average Bonchev–Trinajstić information content (AvgIpc) is 2.70. The topological polar surface area (TPSA) is 87.7 Å². The van der Waals surface area contributed by atoms with E-state index >= 15 is 0 Å². The van der Waals surface area contributed by atoms with Crippen LogP contribution in [0, 0.1) is 6.92 Å². The van der Waals surface area contributed by atoms with Gasteiger partial charge in [-0.3, -0.25) is 14.4 Å². The molecule has 7 nitrogen and oxygen atoms in total. The van der Waals surface area contributed by atoms with Crippen LogP contribution in [0.25, 0.3) is 0 Å². The van der Waals surface area contributed by atoms with Crippen LogP contribution in [0.2, 0.25) is 0 Å². The van der Waals surface area contributed by atoms with E-state index in [1.165, 1.54) is 0 Å². The first-order chi connectivity index (χ1) is 13.9. The fourth-order valence-corrected chi connectivity index (χ4v) is 3.18. The number of carbonyl (C=O) groups is 3. The Labute approximate surface area is 170 Å². The SMILES string of the molecule is CCNC(=O)c1ccc(C)c(NC(=O)CCN2C(=O)C(C)Oc3ccccc32)c1. The zero-order chi connectivity index (χ0) is 21.0. The number of hydrogen-bond acceptors (Lipinski definition) is 4. The number of aryl methyl sites for hydroxylation is 1. The first-order valence-corrected chi connectivity index (χ1v) is 9.66. The maximum absolute atomic E-state index is 12.5. The molecule has 1 atom stereocenters. The Bertz CT molecular complexity index is 941. The van der Waals surface area contributed by atoms with Gasteiger partial charge in [0, 0.05) is 30.8 Å². The molecule has 0 saturated heterocycles. The van der Waals surface area contributed by atoms with Crippen molar-refractivity contribution in [2.45, 2.75) is 33.3 Å². The van der Waals surface area contributed by atoms with Gasteiger partial charge < -0.3 is 20.3 Å². The van der Waals surface area contributed by atoms with E-state index in [0.717, 1.165) is 5.56 Å². The summed E-state index contributed by atoms with van der Waals surface area (Å²) in [6.45, 7) is 6.18. The predicted molar refractivity (Wildman–Crippen MR) is 111 cm³/mol. The molecule has 0 saturated carbocycles. The van der Waals surface area contributed by atoms with E-state index in [1.54, 1.807) is 36.1 Å². The van der Waals surface area contributed by atoms with Crippen LogP contribution >= 0.6 is 0 Å². The van der Waals surface area contributed by atoms with Crippen molar-refractivity contribution in [2.75, 3.05) is 23.3 Å². The Kier molecular flexibility index (Phi) is 6.16. The van der Waals surface area contributed by atoms with Gasteiger partial charge in [-0.05, 0) is 50.6 Å². The monoisotopic (exact) mass is 395 g/mol. The Morgan fingerprint density at radius 1 is 1.17 bits per heavy atom. The van der Waals surface area contributed by atoms with Gasteiger partial charge >= 0.3 is 0 Å². The van der Waals surface area contributed by atoms with Gasteiger partial charge in [0.05, 0.1) is 5.69 Å². The molecule has 2 N–H and O–H groups in total. The summed E-state index contributed by atoms with van der Waals surface area (Å²) in [6, 6.07) is 12.5. The largest absolute Gasteiger partial charge is 0.479 e. The van der Waals surface area contributed by atoms with Gasteiger partial charge in [0.2, 0.25) is 5.91 Å². The minimum absolute atomic E-state index is 0.123. The second-order valence-electron chi connectivity index (χ2n) is 6.91. The third-order valence-corrected chi connectivity index (χ3v) is 4.75. The van der Waals surface area contributed by atoms with Crippen LogP contribution in [-0.2, 0) is 9.59 Å². The van der Waals surface area contributed by atoms with E-state index < -0.39 is 6.10 Å². The second-order valence-corrected chi connectivity index (χ2v) is 6.91. The number of rotatable bonds is 6. The van der Waals surface area contributed by atoms with Crippen molar-refractivity contribution in [1.82, 2.24) is 5.32 Å². The van der Waals surface area contributed by atoms with Crippen molar-refractivity contribution in [3.05, 3.63) is 53.6 Å². The highest BCUT2D eigenvalue weighted by atomic mass is 16.5. The Balaban J connectivity index is 1.68. The summed E-state index contributed by atoms with van der Waals surface area (Å²) in [6.07, 6.45) is -0.471. The number of ether oxygens (including phenoxy) is 1. The summed E-state index contributed by atoms with van der Waals surface area (Å²) >= 11 is 0. The predicted octanol–water partition coefficient (Wildman–Crippen LogP) is 2.89. The molecule has 1 unspecified atom stereocenters. The first kappa shape index (κ1) is 20.4. The van der Waals surface area contributed by atoms with Gasteiger partial charge in [0.25, 0.3) is 11.8 Å². The Hall–Kier alpha value is -3.35. The van der Waals surface area contributed by atoms with Gasteiger partial charge in [-0.2, -0.15) is 0 Å². The van der Waals surface area contributed by atoms with Crippen LogP contribution in [0.4, 0.5) is 11.4 Å². The maximum Gasteiger partial charge on any atom is 0.267 e. The number of benzene rings is 2. The van der Waals surface area contributed by atoms with E-state index in [9.17, 15) is 14.4 Å². The zero-order valence-corrected chi connectivity index (χ0v) is 16.8. The summed E-state index contributed by atoms with van der Waals surface area (Å²) in [7, 11) is 0. The molecule has 3 amide bonds. The van der Waals surface area contributed by atoms with Gasteiger partial charge in [-0.15, -0.1) is 0 Å². The summed E-state index contributed by atoms with van der Waals surface area (Å²) in [5.74, 6) is 0.0366. The van der Waals surface area contributed by atoms with Crippen LogP contribution in [0.5, 0.6) is 5.75 Å². The van der Waals surface area contributed by atoms with Crippen LogP contribution < -0.4 is 20.3 Å². The number of amides is 3. The molecule has 0 radical (unpaired) electrons. The minimum Gasteiger partial charge on any atom is -0.479 e. The van der Waals surface area contributed by atoms with Crippen LogP contribution in [-0.4, -0.2) is 36.9 Å². The first-order valence-electron chi connectivity index (χ1n) is 9.66. The summed E-state index contributed by atoms with van der Waals surface area (Å²) in [5.41, 5.74) is 2.59. The molecule has 152 valence electrons. The molecular formula is C22H25N3O4. The zero-order valence-electron chi connectivity index (χ0n) is 16.8. The number of fused-ring (bicyclic) bond motifs is 1. The fraction of sp³-hybridized carbons (Fsp3) is 0.318. The number of nitrogens with zero attached hydrogens (tertiary/aromatic N) is 1. The van der Waals surface area contributed by atoms with Crippen molar-refractivity contribution in [2.24, 2.45) is 0 Å². The van der Waals surface area contributed by atoms with Gasteiger partial charge in [-0.1, -0.05) is 18.2 Å². The minimum atomic E-state index is -0.594. The molecule has 0 bridgehead atoms. The number of anilines is 2. The van der Waals surface area contributed by atoms with E-state index in [0.29, 0.717) is 29.2 Å². The van der Waals surface area contributed by atoms with Crippen LogP contribution in [0.15, 0.2) is 42.5 Å². The molecule has 29 heavy (non-hydrogen) atoms. The number of hydrogen-bond donors (Lipinski definition) is 2. The van der Waals surface area contributed by atoms with Crippen molar-refractivity contribution in [3.63, 3.8) is 0 Å². The molecular weight excluding hydrogens is 370 g/mol. The van der Waals surface area contributed by atoms with E-state index in [4.69, 9.17) is 4.74 Å². The molecule has 2 aromatic rings. The van der Waals surface area contributed by atoms with Gasteiger partial charge in [0.1, 0.15) is 5.75 Å². The highest BCUT2D eigenvalue weighted by molar-refractivity contribution is 6.01. The van der Waals surface area contributed by atoms with E-state index in [-0.39, 0.29) is 30.7 Å². The Morgan fingerprint density at radius 2 is 1.93 bits per heavy atom. The van der Waals surface area contributed by atoms with Crippen molar-refractivity contribution < 1.29 is 19.1 Å². The van der Waals surface area contributed by atoms with Crippen molar-refractivity contribution in [1.29, 1.82) is 0 Å². The molecule has 0 aliphatic carbocycles.